The fourth-order valence-corrected chi connectivity index (χ4v) is 3.18. The number of rotatable bonds is 2. The molecule has 1 aliphatic carbocycles. The van der Waals surface area contributed by atoms with Crippen molar-refractivity contribution in [1.29, 1.82) is 0 Å². The minimum absolute atomic E-state index is 0.386. The first-order valence-corrected chi connectivity index (χ1v) is 6.23. The van der Waals surface area contributed by atoms with Crippen LogP contribution in [0.5, 0.6) is 0 Å². The van der Waals surface area contributed by atoms with Crippen molar-refractivity contribution in [3.8, 4) is 0 Å². The number of carbonyl (C=O) groups is 1. The second-order valence-electron chi connectivity index (χ2n) is 6.02. The molecule has 0 aromatic carbocycles. The Morgan fingerprint density at radius 2 is 2.12 bits per heavy atom. The summed E-state index contributed by atoms with van der Waals surface area (Å²) in [6.07, 6.45) is 3.52. The summed E-state index contributed by atoms with van der Waals surface area (Å²) in [5, 5.41) is 9.14. The van der Waals surface area contributed by atoms with Gasteiger partial charge in [-0.2, -0.15) is 0 Å². The monoisotopic (exact) mass is 235 g/mol. The molecule has 0 amide bonds. The van der Waals surface area contributed by atoms with Gasteiger partial charge in [-0.15, -0.1) is 0 Å². The van der Waals surface area contributed by atoms with Crippen LogP contribution in [0, 0.1) is 19.3 Å². The number of nitrogens with zero attached hydrogens (tertiary/aromatic N) is 1. The van der Waals surface area contributed by atoms with Crippen LogP contribution < -0.4 is 0 Å². The standard InChI is InChI=1S/C14H21NO2/c1-9-7-12(13(16)17)10(2)15(9)11-5-6-14(3,4)8-11/h7,11H,5-6,8H2,1-4H3,(H,16,17). The highest BCUT2D eigenvalue weighted by Gasteiger charge is 2.33. The van der Waals surface area contributed by atoms with Crippen LogP contribution in [0.4, 0.5) is 0 Å². The van der Waals surface area contributed by atoms with E-state index < -0.39 is 5.97 Å². The van der Waals surface area contributed by atoms with Gasteiger partial charge in [-0.1, -0.05) is 13.8 Å². The quantitative estimate of drug-likeness (QED) is 0.851. The van der Waals surface area contributed by atoms with E-state index in [1.165, 1.54) is 6.42 Å². The Morgan fingerprint density at radius 3 is 2.53 bits per heavy atom. The highest BCUT2D eigenvalue weighted by atomic mass is 16.4. The van der Waals surface area contributed by atoms with Gasteiger partial charge in [0.2, 0.25) is 0 Å². The number of aromatic carboxylic acids is 1. The van der Waals surface area contributed by atoms with E-state index in [1.807, 2.05) is 13.8 Å². The van der Waals surface area contributed by atoms with Gasteiger partial charge in [-0.25, -0.2) is 4.79 Å². The smallest absolute Gasteiger partial charge is 0.337 e. The van der Waals surface area contributed by atoms with E-state index >= 15 is 0 Å². The van der Waals surface area contributed by atoms with Gasteiger partial charge in [0.15, 0.2) is 0 Å². The van der Waals surface area contributed by atoms with E-state index in [2.05, 4.69) is 18.4 Å². The van der Waals surface area contributed by atoms with E-state index in [0.717, 1.165) is 24.2 Å². The Labute approximate surface area is 102 Å². The molecule has 1 saturated carbocycles. The van der Waals surface area contributed by atoms with Crippen LogP contribution in [0.15, 0.2) is 6.07 Å². The van der Waals surface area contributed by atoms with Gasteiger partial charge in [0.1, 0.15) is 0 Å². The van der Waals surface area contributed by atoms with E-state index in [0.29, 0.717) is 17.0 Å². The first-order chi connectivity index (χ1) is 7.82. The SMILES string of the molecule is Cc1cc(C(=O)O)c(C)n1C1CCC(C)(C)C1. The lowest BCUT2D eigenvalue weighted by molar-refractivity contribution is 0.0696. The van der Waals surface area contributed by atoms with Crippen molar-refractivity contribution in [1.82, 2.24) is 4.57 Å². The summed E-state index contributed by atoms with van der Waals surface area (Å²) in [5.41, 5.74) is 2.81. The van der Waals surface area contributed by atoms with Crippen molar-refractivity contribution < 1.29 is 9.90 Å². The molecule has 0 aliphatic heterocycles. The third-order valence-electron chi connectivity index (χ3n) is 4.02. The molecule has 0 spiro atoms. The summed E-state index contributed by atoms with van der Waals surface area (Å²) in [4.78, 5) is 11.1. The van der Waals surface area contributed by atoms with E-state index in [1.54, 1.807) is 6.07 Å². The minimum atomic E-state index is -0.818. The molecule has 1 fully saturated rings. The predicted molar refractivity (Wildman–Crippen MR) is 67.5 cm³/mol. The van der Waals surface area contributed by atoms with Crippen LogP contribution in [-0.4, -0.2) is 15.6 Å². The molecule has 1 aliphatic rings. The molecule has 1 heterocycles. The number of aryl methyl sites for hydroxylation is 1. The first kappa shape index (κ1) is 12.2. The Hall–Kier alpha value is -1.25. The summed E-state index contributed by atoms with van der Waals surface area (Å²) in [5.74, 6) is -0.818. The normalized spacial score (nSPS) is 22.9. The number of carboxylic acid groups (broad SMARTS) is 1. The summed E-state index contributed by atoms with van der Waals surface area (Å²) in [6.45, 7) is 8.51. The first-order valence-electron chi connectivity index (χ1n) is 6.23. The van der Waals surface area contributed by atoms with Gasteiger partial charge in [-0.3, -0.25) is 0 Å². The van der Waals surface area contributed by atoms with Gasteiger partial charge in [0.05, 0.1) is 5.56 Å². The zero-order valence-corrected chi connectivity index (χ0v) is 11.1. The van der Waals surface area contributed by atoms with Crippen LogP contribution in [0.1, 0.15) is 60.9 Å². The molecule has 2 rings (SSSR count). The molecule has 1 atom stereocenters. The zero-order valence-electron chi connectivity index (χ0n) is 11.1. The van der Waals surface area contributed by atoms with E-state index in [9.17, 15) is 4.79 Å². The Balaban J connectivity index is 2.37. The van der Waals surface area contributed by atoms with Crippen molar-refractivity contribution in [3.63, 3.8) is 0 Å². The maximum absolute atomic E-state index is 11.1. The molecule has 1 N–H and O–H groups in total. The summed E-state index contributed by atoms with van der Waals surface area (Å²) in [7, 11) is 0. The van der Waals surface area contributed by atoms with Gasteiger partial charge in [0, 0.05) is 17.4 Å². The number of hydrogen-bond acceptors (Lipinski definition) is 1. The maximum atomic E-state index is 11.1. The number of hydrogen-bond donors (Lipinski definition) is 1. The lowest BCUT2D eigenvalue weighted by atomic mass is 9.92. The lowest BCUT2D eigenvalue weighted by Crippen LogP contribution is -2.12. The van der Waals surface area contributed by atoms with Crippen LogP contribution in [-0.2, 0) is 0 Å². The highest BCUT2D eigenvalue weighted by molar-refractivity contribution is 5.89. The topological polar surface area (TPSA) is 42.2 Å². The molecule has 0 radical (unpaired) electrons. The molecule has 17 heavy (non-hydrogen) atoms. The minimum Gasteiger partial charge on any atom is -0.478 e. The molecule has 1 aromatic rings. The van der Waals surface area contributed by atoms with Gasteiger partial charge in [-0.05, 0) is 44.6 Å². The average Bonchev–Trinajstić information content (AvgIpc) is 2.67. The van der Waals surface area contributed by atoms with Crippen molar-refractivity contribution in [2.45, 2.75) is 53.0 Å². The van der Waals surface area contributed by atoms with Crippen LogP contribution in [0.2, 0.25) is 0 Å². The van der Waals surface area contributed by atoms with Crippen molar-refractivity contribution in [2.75, 3.05) is 0 Å². The molecule has 1 aromatic heterocycles. The fourth-order valence-electron chi connectivity index (χ4n) is 3.18. The van der Waals surface area contributed by atoms with Crippen molar-refractivity contribution >= 4 is 5.97 Å². The van der Waals surface area contributed by atoms with Crippen LogP contribution in [0.3, 0.4) is 0 Å². The molecule has 94 valence electrons. The fraction of sp³-hybridized carbons (Fsp3) is 0.643. The number of aromatic nitrogens is 1. The molecule has 0 bridgehead atoms. The third-order valence-corrected chi connectivity index (χ3v) is 4.02. The molecule has 1 unspecified atom stereocenters. The van der Waals surface area contributed by atoms with E-state index in [4.69, 9.17) is 5.11 Å². The van der Waals surface area contributed by atoms with Crippen LogP contribution in [0.25, 0.3) is 0 Å². The van der Waals surface area contributed by atoms with Gasteiger partial charge >= 0.3 is 5.97 Å². The predicted octanol–water partition coefficient (Wildman–Crippen LogP) is 3.55. The Morgan fingerprint density at radius 1 is 1.47 bits per heavy atom. The number of carboxylic acids is 1. The Kier molecular flexibility index (Phi) is 2.80. The van der Waals surface area contributed by atoms with Crippen LogP contribution >= 0.6 is 0 Å². The summed E-state index contributed by atoms with van der Waals surface area (Å²) in [6, 6.07) is 2.27. The average molecular weight is 235 g/mol. The molecule has 3 nitrogen and oxygen atoms in total. The third kappa shape index (κ3) is 2.11. The van der Waals surface area contributed by atoms with Gasteiger partial charge < -0.3 is 9.67 Å². The zero-order chi connectivity index (χ0) is 12.8. The van der Waals surface area contributed by atoms with Crippen molar-refractivity contribution in [3.05, 3.63) is 23.0 Å². The summed E-state index contributed by atoms with van der Waals surface area (Å²) >= 11 is 0. The second-order valence-corrected chi connectivity index (χ2v) is 6.02. The highest BCUT2D eigenvalue weighted by Crippen LogP contribution is 2.44. The molecule has 3 heteroatoms. The second kappa shape index (κ2) is 3.90. The van der Waals surface area contributed by atoms with Crippen molar-refractivity contribution in [2.24, 2.45) is 5.41 Å². The molecule has 0 saturated heterocycles. The maximum Gasteiger partial charge on any atom is 0.337 e. The van der Waals surface area contributed by atoms with Gasteiger partial charge in [0.25, 0.3) is 0 Å². The molecular formula is C14H21NO2. The van der Waals surface area contributed by atoms with E-state index in [-0.39, 0.29) is 0 Å². The largest absolute Gasteiger partial charge is 0.478 e. The molecular weight excluding hydrogens is 214 g/mol. The Bertz CT molecular complexity index is 457. The lowest BCUT2D eigenvalue weighted by Gasteiger charge is -2.20. The summed E-state index contributed by atoms with van der Waals surface area (Å²) < 4.78 is 2.22.